The summed E-state index contributed by atoms with van der Waals surface area (Å²) >= 11 is 0. The van der Waals surface area contributed by atoms with Gasteiger partial charge in [-0.2, -0.15) is 0 Å². The van der Waals surface area contributed by atoms with Gasteiger partial charge in [0.25, 0.3) is 0 Å². The van der Waals surface area contributed by atoms with E-state index in [1.807, 2.05) is 0 Å². The first-order chi connectivity index (χ1) is 8.36. The SMILES string of the molecule is CC=C1CC2CC1C1Oc3ccccc3CC21. The highest BCUT2D eigenvalue weighted by Crippen LogP contribution is 2.55. The fourth-order valence-corrected chi connectivity index (χ4v) is 4.23. The van der Waals surface area contributed by atoms with Crippen molar-refractivity contribution in [2.45, 2.75) is 32.3 Å². The van der Waals surface area contributed by atoms with Gasteiger partial charge in [-0.15, -0.1) is 0 Å². The maximum absolute atomic E-state index is 6.28. The molecular formula is C16H18O. The Morgan fingerprint density at radius 2 is 2.12 bits per heavy atom. The van der Waals surface area contributed by atoms with E-state index < -0.39 is 0 Å². The molecule has 1 heteroatoms. The predicted molar refractivity (Wildman–Crippen MR) is 68.0 cm³/mol. The average molecular weight is 226 g/mol. The molecule has 0 radical (unpaired) electrons. The summed E-state index contributed by atoms with van der Waals surface area (Å²) in [4.78, 5) is 0. The normalized spacial score (nSPS) is 39.9. The van der Waals surface area contributed by atoms with Crippen LogP contribution in [0, 0.1) is 17.8 Å². The lowest BCUT2D eigenvalue weighted by atomic mass is 9.78. The van der Waals surface area contributed by atoms with Crippen LogP contribution >= 0.6 is 0 Å². The topological polar surface area (TPSA) is 9.23 Å². The number of benzene rings is 1. The van der Waals surface area contributed by atoms with Crippen LogP contribution in [0.2, 0.25) is 0 Å². The lowest BCUT2D eigenvalue weighted by Crippen LogP contribution is -2.38. The van der Waals surface area contributed by atoms with E-state index >= 15 is 0 Å². The van der Waals surface area contributed by atoms with Crippen molar-refractivity contribution < 1.29 is 4.74 Å². The van der Waals surface area contributed by atoms with Gasteiger partial charge in [0.15, 0.2) is 0 Å². The zero-order valence-electron chi connectivity index (χ0n) is 10.2. The lowest BCUT2D eigenvalue weighted by molar-refractivity contribution is 0.0846. The third kappa shape index (κ3) is 1.25. The summed E-state index contributed by atoms with van der Waals surface area (Å²) in [5.74, 6) is 3.50. The molecule has 0 saturated heterocycles. The molecule has 0 N–H and O–H groups in total. The van der Waals surface area contributed by atoms with E-state index in [1.165, 1.54) is 24.8 Å². The van der Waals surface area contributed by atoms with Crippen molar-refractivity contribution in [2.75, 3.05) is 0 Å². The molecule has 4 rings (SSSR count). The summed E-state index contributed by atoms with van der Waals surface area (Å²) in [6.45, 7) is 2.18. The zero-order chi connectivity index (χ0) is 11.4. The molecule has 2 aliphatic carbocycles. The van der Waals surface area contributed by atoms with Crippen LogP contribution in [0.3, 0.4) is 0 Å². The van der Waals surface area contributed by atoms with Gasteiger partial charge in [0.1, 0.15) is 11.9 Å². The van der Waals surface area contributed by atoms with Gasteiger partial charge in [0.2, 0.25) is 0 Å². The first kappa shape index (κ1) is 9.76. The maximum atomic E-state index is 6.28. The zero-order valence-corrected chi connectivity index (χ0v) is 10.2. The van der Waals surface area contributed by atoms with Crippen LogP contribution < -0.4 is 4.74 Å². The lowest BCUT2D eigenvalue weighted by Gasteiger charge is -2.37. The number of hydrogen-bond acceptors (Lipinski definition) is 1. The summed E-state index contributed by atoms with van der Waals surface area (Å²) in [6, 6.07) is 8.58. The van der Waals surface area contributed by atoms with Gasteiger partial charge in [-0.05, 0) is 43.7 Å². The highest BCUT2D eigenvalue weighted by atomic mass is 16.5. The average Bonchev–Trinajstić information content (AvgIpc) is 2.94. The van der Waals surface area contributed by atoms with Crippen molar-refractivity contribution in [1.82, 2.24) is 0 Å². The van der Waals surface area contributed by atoms with Crippen molar-refractivity contribution in [3.8, 4) is 5.75 Å². The molecule has 1 aromatic carbocycles. The summed E-state index contributed by atoms with van der Waals surface area (Å²) in [5.41, 5.74) is 3.07. The Hall–Kier alpha value is -1.24. The molecule has 3 aliphatic rings. The standard InChI is InChI=1S/C16H18O/c1-2-10-7-12-9-13(10)16-14(12)8-11-5-3-4-6-15(11)17-16/h2-6,12-14,16H,7-9H2,1H3. The Kier molecular flexibility index (Phi) is 1.94. The third-order valence-electron chi connectivity index (χ3n) is 5.02. The van der Waals surface area contributed by atoms with Crippen molar-refractivity contribution in [1.29, 1.82) is 0 Å². The van der Waals surface area contributed by atoms with Crippen molar-refractivity contribution in [3.63, 3.8) is 0 Å². The van der Waals surface area contributed by atoms with Crippen LogP contribution in [-0.2, 0) is 6.42 Å². The minimum atomic E-state index is 0.467. The molecular weight excluding hydrogens is 208 g/mol. The Balaban J connectivity index is 1.72. The second kappa shape index (κ2) is 3.38. The van der Waals surface area contributed by atoms with Gasteiger partial charge in [0.05, 0.1) is 0 Å². The minimum Gasteiger partial charge on any atom is -0.489 e. The highest BCUT2D eigenvalue weighted by Gasteiger charge is 2.52. The monoisotopic (exact) mass is 226 g/mol. The Bertz CT molecular complexity index is 488. The Morgan fingerprint density at radius 3 is 3.00 bits per heavy atom. The van der Waals surface area contributed by atoms with Gasteiger partial charge in [-0.3, -0.25) is 0 Å². The van der Waals surface area contributed by atoms with Crippen LogP contribution in [0.15, 0.2) is 35.9 Å². The number of para-hydroxylation sites is 1. The molecule has 1 aliphatic heterocycles. The van der Waals surface area contributed by atoms with Crippen LogP contribution in [0.5, 0.6) is 5.75 Å². The minimum absolute atomic E-state index is 0.467. The van der Waals surface area contributed by atoms with Crippen molar-refractivity contribution >= 4 is 0 Å². The predicted octanol–water partition coefficient (Wildman–Crippen LogP) is 3.59. The second-order valence-electron chi connectivity index (χ2n) is 5.73. The van der Waals surface area contributed by atoms with Crippen LogP contribution in [-0.4, -0.2) is 6.10 Å². The van der Waals surface area contributed by atoms with Crippen LogP contribution in [0.4, 0.5) is 0 Å². The van der Waals surface area contributed by atoms with Crippen LogP contribution in [0.1, 0.15) is 25.3 Å². The first-order valence-corrected chi connectivity index (χ1v) is 6.76. The smallest absolute Gasteiger partial charge is 0.122 e. The van der Waals surface area contributed by atoms with Gasteiger partial charge in [0, 0.05) is 11.8 Å². The van der Waals surface area contributed by atoms with E-state index in [4.69, 9.17) is 4.74 Å². The van der Waals surface area contributed by atoms with E-state index in [2.05, 4.69) is 37.3 Å². The molecule has 0 amide bonds. The quantitative estimate of drug-likeness (QED) is 0.614. The molecule has 88 valence electrons. The molecule has 1 aromatic rings. The van der Waals surface area contributed by atoms with Gasteiger partial charge in [-0.25, -0.2) is 0 Å². The molecule has 2 bridgehead atoms. The van der Waals surface area contributed by atoms with Gasteiger partial charge < -0.3 is 4.74 Å². The molecule has 4 atom stereocenters. The summed E-state index contributed by atoms with van der Waals surface area (Å²) in [7, 11) is 0. The van der Waals surface area contributed by atoms with E-state index in [0.29, 0.717) is 12.0 Å². The summed E-state index contributed by atoms with van der Waals surface area (Å²) in [6.07, 6.45) is 6.72. The molecule has 1 heterocycles. The highest BCUT2D eigenvalue weighted by molar-refractivity contribution is 5.38. The Labute approximate surface area is 102 Å². The van der Waals surface area contributed by atoms with Gasteiger partial charge in [-0.1, -0.05) is 29.8 Å². The van der Waals surface area contributed by atoms with Gasteiger partial charge >= 0.3 is 0 Å². The summed E-state index contributed by atoms with van der Waals surface area (Å²) in [5, 5.41) is 0. The second-order valence-corrected chi connectivity index (χ2v) is 5.73. The molecule has 0 aromatic heterocycles. The van der Waals surface area contributed by atoms with E-state index in [-0.39, 0.29) is 0 Å². The molecule has 4 unspecified atom stereocenters. The first-order valence-electron chi connectivity index (χ1n) is 6.76. The van der Waals surface area contributed by atoms with Crippen LogP contribution in [0.25, 0.3) is 0 Å². The molecule has 2 fully saturated rings. The fraction of sp³-hybridized carbons (Fsp3) is 0.500. The number of fused-ring (bicyclic) bond motifs is 6. The number of allylic oxidation sites excluding steroid dienone is 1. The number of rotatable bonds is 0. The number of ether oxygens (including phenoxy) is 1. The third-order valence-corrected chi connectivity index (χ3v) is 5.02. The van der Waals surface area contributed by atoms with E-state index in [1.54, 1.807) is 5.57 Å². The Morgan fingerprint density at radius 1 is 1.24 bits per heavy atom. The molecule has 0 spiro atoms. The van der Waals surface area contributed by atoms with Crippen molar-refractivity contribution in [2.24, 2.45) is 17.8 Å². The fourth-order valence-electron chi connectivity index (χ4n) is 4.23. The van der Waals surface area contributed by atoms with E-state index in [0.717, 1.165) is 17.6 Å². The van der Waals surface area contributed by atoms with Crippen molar-refractivity contribution in [3.05, 3.63) is 41.5 Å². The molecule has 1 nitrogen and oxygen atoms in total. The largest absolute Gasteiger partial charge is 0.489 e. The molecule has 2 saturated carbocycles. The van der Waals surface area contributed by atoms with E-state index in [9.17, 15) is 0 Å². The maximum Gasteiger partial charge on any atom is 0.122 e. The summed E-state index contributed by atoms with van der Waals surface area (Å²) < 4.78 is 6.28. The number of hydrogen-bond donors (Lipinski definition) is 0. The molecule has 17 heavy (non-hydrogen) atoms.